The van der Waals surface area contributed by atoms with Gasteiger partial charge in [-0.2, -0.15) is 5.53 Å². The molecule has 1 aromatic rings. The van der Waals surface area contributed by atoms with Crippen molar-refractivity contribution in [3.05, 3.63) is 34.6 Å². The van der Waals surface area contributed by atoms with Crippen molar-refractivity contribution >= 4 is 11.6 Å². The Morgan fingerprint density at radius 3 is 2.93 bits per heavy atom. The largest absolute Gasteiger partial charge is 0.322 e. The van der Waals surface area contributed by atoms with Crippen molar-refractivity contribution in [3.63, 3.8) is 0 Å². The lowest BCUT2D eigenvalue weighted by Crippen LogP contribution is -2.40. The highest BCUT2D eigenvalue weighted by molar-refractivity contribution is 6.30. The molecule has 0 amide bonds. The third-order valence-electron chi connectivity index (χ3n) is 2.42. The predicted octanol–water partition coefficient (Wildman–Crippen LogP) is 0.460. The van der Waals surface area contributed by atoms with E-state index in [0.717, 1.165) is 0 Å². The fourth-order valence-corrected chi connectivity index (χ4v) is 1.72. The van der Waals surface area contributed by atoms with Crippen molar-refractivity contribution in [2.45, 2.75) is 12.1 Å². The van der Waals surface area contributed by atoms with Crippen LogP contribution in [0.1, 0.15) is 11.6 Å². The zero-order valence-corrected chi connectivity index (χ0v) is 8.68. The van der Waals surface area contributed by atoms with Crippen molar-refractivity contribution in [1.29, 1.82) is 0 Å². The Labute approximate surface area is 91.9 Å². The summed E-state index contributed by atoms with van der Waals surface area (Å²) in [7, 11) is 0. The van der Waals surface area contributed by atoms with E-state index < -0.39 is 6.04 Å². The fraction of sp³-hybridized carbons (Fsp3) is 0.333. The normalized spacial score (nSPS) is 23.0. The Balaban J connectivity index is 2.20. The third-order valence-corrected chi connectivity index (χ3v) is 2.66. The molecule has 0 saturated carbocycles. The lowest BCUT2D eigenvalue weighted by Gasteiger charge is -2.18. The quantitative estimate of drug-likeness (QED) is 0.596. The van der Waals surface area contributed by atoms with Crippen LogP contribution in [0.3, 0.4) is 0 Å². The second-order valence-electron chi connectivity index (χ2n) is 3.45. The number of rotatable bonds is 2. The molecule has 1 aliphatic heterocycles. The monoisotopic (exact) mass is 230 g/mol. The van der Waals surface area contributed by atoms with Gasteiger partial charge in [0.15, 0.2) is 0 Å². The van der Waals surface area contributed by atoms with Crippen LogP contribution in [-0.2, 0) is 0 Å². The summed E-state index contributed by atoms with van der Waals surface area (Å²) in [6, 6.07) is 4.07. The summed E-state index contributed by atoms with van der Waals surface area (Å²) in [4.78, 5) is 0. The lowest BCUT2D eigenvalue weighted by atomic mass is 10.0. The molecule has 2 atom stereocenters. The summed E-state index contributed by atoms with van der Waals surface area (Å²) in [6.45, 7) is 0.642. The van der Waals surface area contributed by atoms with E-state index in [1.54, 1.807) is 12.1 Å². The summed E-state index contributed by atoms with van der Waals surface area (Å²) in [5, 5.41) is 0.374. The van der Waals surface area contributed by atoms with E-state index in [9.17, 15) is 4.39 Å². The molecule has 0 aromatic heterocycles. The first-order chi connectivity index (χ1) is 7.18. The molecular formula is C9H12ClFN4. The summed E-state index contributed by atoms with van der Waals surface area (Å²) < 4.78 is 13.5. The summed E-state index contributed by atoms with van der Waals surface area (Å²) in [5.41, 5.74) is 14.9. The molecule has 4 nitrogen and oxygen atoms in total. The van der Waals surface area contributed by atoms with Gasteiger partial charge in [0.2, 0.25) is 0 Å². The molecule has 0 spiro atoms. The van der Waals surface area contributed by atoms with Gasteiger partial charge in [0.25, 0.3) is 0 Å². The van der Waals surface area contributed by atoms with Crippen molar-refractivity contribution in [1.82, 2.24) is 16.4 Å². The SMILES string of the molecule is NC(c1ccc(Cl)cc1F)C1CNNN1. The lowest BCUT2D eigenvalue weighted by molar-refractivity contribution is 0.465. The van der Waals surface area contributed by atoms with E-state index in [1.165, 1.54) is 6.07 Å². The number of benzene rings is 1. The molecule has 0 radical (unpaired) electrons. The molecule has 15 heavy (non-hydrogen) atoms. The van der Waals surface area contributed by atoms with Crippen LogP contribution in [0.2, 0.25) is 5.02 Å². The number of hydrazine groups is 2. The van der Waals surface area contributed by atoms with Gasteiger partial charge in [0, 0.05) is 17.1 Å². The van der Waals surface area contributed by atoms with Gasteiger partial charge < -0.3 is 5.73 Å². The number of nitrogens with one attached hydrogen (secondary N) is 3. The highest BCUT2D eigenvalue weighted by Gasteiger charge is 2.24. The highest BCUT2D eigenvalue weighted by Crippen LogP contribution is 2.21. The van der Waals surface area contributed by atoms with Gasteiger partial charge in [-0.3, -0.25) is 0 Å². The van der Waals surface area contributed by atoms with Crippen LogP contribution in [0.5, 0.6) is 0 Å². The number of hydrogen-bond donors (Lipinski definition) is 4. The van der Waals surface area contributed by atoms with Crippen molar-refractivity contribution in [2.24, 2.45) is 5.73 Å². The number of nitrogens with two attached hydrogens (primary N) is 1. The minimum Gasteiger partial charge on any atom is -0.322 e. The molecule has 1 heterocycles. The standard InChI is InChI=1S/C9H12ClFN4/c10-5-1-2-6(7(11)3-5)9(12)8-4-13-15-14-8/h1-3,8-9,13-15H,4,12H2. The van der Waals surface area contributed by atoms with Gasteiger partial charge >= 0.3 is 0 Å². The zero-order chi connectivity index (χ0) is 10.8. The first kappa shape index (κ1) is 10.8. The summed E-state index contributed by atoms with van der Waals surface area (Å²) >= 11 is 5.66. The maximum Gasteiger partial charge on any atom is 0.129 e. The van der Waals surface area contributed by atoms with Gasteiger partial charge in [-0.1, -0.05) is 17.7 Å². The maximum absolute atomic E-state index is 13.5. The zero-order valence-electron chi connectivity index (χ0n) is 7.93. The number of hydrogen-bond acceptors (Lipinski definition) is 4. The number of halogens is 2. The Hall–Kier alpha value is -0.720. The highest BCUT2D eigenvalue weighted by atomic mass is 35.5. The predicted molar refractivity (Wildman–Crippen MR) is 56.4 cm³/mol. The van der Waals surface area contributed by atoms with Crippen LogP contribution in [0, 0.1) is 5.82 Å². The third kappa shape index (κ3) is 2.27. The Morgan fingerprint density at radius 2 is 2.33 bits per heavy atom. The minimum absolute atomic E-state index is 0.0410. The molecule has 2 rings (SSSR count). The summed E-state index contributed by atoms with van der Waals surface area (Å²) in [5.74, 6) is -0.372. The van der Waals surface area contributed by atoms with E-state index in [1.807, 2.05) is 0 Å². The van der Waals surface area contributed by atoms with E-state index in [2.05, 4.69) is 16.4 Å². The molecule has 1 fully saturated rings. The van der Waals surface area contributed by atoms with Crippen LogP contribution in [0.4, 0.5) is 4.39 Å². The smallest absolute Gasteiger partial charge is 0.129 e. The minimum atomic E-state index is -0.412. The molecule has 1 aromatic carbocycles. The maximum atomic E-state index is 13.5. The van der Waals surface area contributed by atoms with E-state index >= 15 is 0 Å². The van der Waals surface area contributed by atoms with Crippen molar-refractivity contribution < 1.29 is 4.39 Å². The van der Waals surface area contributed by atoms with Crippen LogP contribution in [0.25, 0.3) is 0 Å². The van der Waals surface area contributed by atoms with Gasteiger partial charge in [-0.05, 0) is 12.1 Å². The van der Waals surface area contributed by atoms with Crippen molar-refractivity contribution in [3.8, 4) is 0 Å². The Morgan fingerprint density at radius 1 is 1.53 bits per heavy atom. The van der Waals surface area contributed by atoms with Gasteiger partial charge in [-0.25, -0.2) is 15.2 Å². The second kappa shape index (κ2) is 4.42. The van der Waals surface area contributed by atoms with Gasteiger partial charge in [0.1, 0.15) is 5.82 Å². The molecule has 1 saturated heterocycles. The fourth-order valence-electron chi connectivity index (χ4n) is 1.56. The molecule has 0 bridgehead atoms. The Kier molecular flexibility index (Phi) is 3.18. The molecule has 6 heteroatoms. The van der Waals surface area contributed by atoms with Crippen molar-refractivity contribution in [2.75, 3.05) is 6.54 Å². The van der Waals surface area contributed by atoms with Gasteiger partial charge in [0.05, 0.1) is 12.1 Å². The Bertz CT molecular complexity index is 354. The van der Waals surface area contributed by atoms with Crippen LogP contribution in [-0.4, -0.2) is 12.6 Å². The summed E-state index contributed by atoms with van der Waals surface area (Å²) in [6.07, 6.45) is 0. The molecular weight excluding hydrogens is 219 g/mol. The molecule has 1 aliphatic rings. The van der Waals surface area contributed by atoms with Crippen LogP contribution in [0.15, 0.2) is 18.2 Å². The molecule has 5 N–H and O–H groups in total. The average Bonchev–Trinajstić information content (AvgIpc) is 2.69. The molecule has 2 unspecified atom stereocenters. The average molecular weight is 231 g/mol. The van der Waals surface area contributed by atoms with Gasteiger partial charge in [-0.15, -0.1) is 0 Å². The molecule has 0 aliphatic carbocycles. The van der Waals surface area contributed by atoms with E-state index in [-0.39, 0.29) is 11.9 Å². The topological polar surface area (TPSA) is 62.1 Å². The van der Waals surface area contributed by atoms with E-state index in [4.69, 9.17) is 17.3 Å². The van der Waals surface area contributed by atoms with E-state index in [0.29, 0.717) is 17.1 Å². The first-order valence-corrected chi connectivity index (χ1v) is 5.00. The second-order valence-corrected chi connectivity index (χ2v) is 3.88. The van der Waals surface area contributed by atoms with Crippen LogP contribution >= 0.6 is 11.6 Å². The first-order valence-electron chi connectivity index (χ1n) is 4.62. The van der Waals surface area contributed by atoms with Crippen LogP contribution < -0.4 is 22.1 Å². The molecule has 82 valence electrons.